The van der Waals surface area contributed by atoms with Gasteiger partial charge in [-0.15, -0.1) is 0 Å². The number of aromatic nitrogens is 4. The van der Waals surface area contributed by atoms with Gasteiger partial charge in [-0.3, -0.25) is 18.8 Å². The Hall–Kier alpha value is -3.99. The molecule has 0 saturated heterocycles. The van der Waals surface area contributed by atoms with Crippen molar-refractivity contribution in [3.05, 3.63) is 64.6 Å². The molecule has 4 aromatic rings. The van der Waals surface area contributed by atoms with Crippen LogP contribution < -0.4 is 25.1 Å². The molecule has 36 heavy (non-hydrogen) atoms. The van der Waals surface area contributed by atoms with Crippen molar-refractivity contribution >= 4 is 34.4 Å². The van der Waals surface area contributed by atoms with Crippen molar-refractivity contribution in [2.45, 2.75) is 25.2 Å². The van der Waals surface area contributed by atoms with Crippen molar-refractivity contribution in [3.63, 3.8) is 0 Å². The number of aryl methyl sites for hydroxylation is 1. The van der Waals surface area contributed by atoms with Crippen molar-refractivity contribution in [2.75, 3.05) is 32.4 Å². The summed E-state index contributed by atoms with van der Waals surface area (Å²) < 4.78 is 19.0. The Morgan fingerprint density at radius 1 is 1.03 bits per heavy atom. The van der Waals surface area contributed by atoms with Crippen LogP contribution in [0.2, 0.25) is 0 Å². The van der Waals surface area contributed by atoms with Gasteiger partial charge >= 0.3 is 0 Å². The number of methoxy groups -OCH3 is 3. The van der Waals surface area contributed by atoms with E-state index in [2.05, 4.69) is 15.4 Å². The fourth-order valence-electron chi connectivity index (χ4n) is 3.58. The van der Waals surface area contributed by atoms with Gasteiger partial charge in [-0.2, -0.15) is 5.10 Å². The third kappa shape index (κ3) is 5.46. The summed E-state index contributed by atoms with van der Waals surface area (Å²) in [5, 5.41) is 7.64. The Bertz CT molecular complexity index is 1430. The molecular formula is C25H27N5O5S. The highest BCUT2D eigenvalue weighted by Crippen LogP contribution is 2.29. The van der Waals surface area contributed by atoms with Crippen molar-refractivity contribution in [2.24, 2.45) is 0 Å². The van der Waals surface area contributed by atoms with E-state index in [1.165, 1.54) is 18.9 Å². The predicted octanol–water partition coefficient (Wildman–Crippen LogP) is 3.42. The summed E-state index contributed by atoms with van der Waals surface area (Å²) in [5.41, 5.74) is 1.90. The number of carbonyl (C=O) groups is 1. The summed E-state index contributed by atoms with van der Waals surface area (Å²) in [6, 6.07) is 12.6. The molecule has 188 valence electrons. The Balaban J connectivity index is 1.61. The molecule has 1 N–H and O–H groups in total. The highest BCUT2D eigenvalue weighted by molar-refractivity contribution is 7.99. The van der Waals surface area contributed by atoms with Crippen LogP contribution in [-0.2, 0) is 17.9 Å². The highest BCUT2D eigenvalue weighted by atomic mass is 32.2. The van der Waals surface area contributed by atoms with Gasteiger partial charge in [0.1, 0.15) is 22.8 Å². The number of nitrogens with one attached hydrogen (secondary N) is 1. The topological polar surface area (TPSA) is 110 Å². The minimum Gasteiger partial charge on any atom is -0.497 e. The molecule has 1 amide bonds. The number of nitrogens with zero attached hydrogens (tertiary/aromatic N) is 4. The molecule has 0 unspecified atom stereocenters. The number of anilines is 1. The lowest BCUT2D eigenvalue weighted by Crippen LogP contribution is -2.25. The first-order valence-electron chi connectivity index (χ1n) is 11.2. The van der Waals surface area contributed by atoms with Gasteiger partial charge in [-0.1, -0.05) is 23.9 Å². The zero-order chi connectivity index (χ0) is 25.7. The average Bonchev–Trinajstić information content (AvgIpc) is 3.33. The Morgan fingerprint density at radius 2 is 1.75 bits per heavy atom. The lowest BCUT2D eigenvalue weighted by Gasteiger charge is -2.13. The third-order valence-corrected chi connectivity index (χ3v) is 6.45. The monoisotopic (exact) mass is 509 g/mol. The summed E-state index contributed by atoms with van der Waals surface area (Å²) >= 11 is 1.18. The third-order valence-electron chi connectivity index (χ3n) is 5.47. The van der Waals surface area contributed by atoms with E-state index in [1.807, 2.05) is 31.2 Å². The Labute approximate surface area is 212 Å². The van der Waals surface area contributed by atoms with E-state index < -0.39 is 0 Å². The fourth-order valence-corrected chi connectivity index (χ4v) is 4.37. The molecule has 0 aliphatic rings. The maximum absolute atomic E-state index is 13.4. The molecule has 0 saturated carbocycles. The zero-order valence-corrected chi connectivity index (χ0v) is 21.3. The van der Waals surface area contributed by atoms with Gasteiger partial charge in [-0.05, 0) is 36.8 Å². The molecule has 0 aliphatic heterocycles. The number of carbonyl (C=O) groups excluding carboxylic acids is 1. The molecule has 0 atom stereocenters. The molecule has 0 radical (unpaired) electrons. The number of hydrogen-bond acceptors (Lipinski definition) is 8. The van der Waals surface area contributed by atoms with Gasteiger partial charge in [0.05, 0.1) is 45.5 Å². The maximum atomic E-state index is 13.4. The second kappa shape index (κ2) is 11.2. The van der Waals surface area contributed by atoms with Gasteiger partial charge in [0.2, 0.25) is 5.91 Å². The first kappa shape index (κ1) is 25.1. The minimum absolute atomic E-state index is 0.0306. The number of amides is 1. The summed E-state index contributed by atoms with van der Waals surface area (Å²) in [4.78, 5) is 30.9. The largest absolute Gasteiger partial charge is 0.497 e. The van der Waals surface area contributed by atoms with Crippen LogP contribution in [0.4, 0.5) is 5.69 Å². The van der Waals surface area contributed by atoms with Gasteiger partial charge in [0.15, 0.2) is 10.7 Å². The van der Waals surface area contributed by atoms with Gasteiger partial charge in [0.25, 0.3) is 5.56 Å². The number of hydrogen-bond donors (Lipinski definition) is 1. The Morgan fingerprint density at radius 3 is 2.42 bits per heavy atom. The molecule has 2 aromatic heterocycles. The minimum atomic E-state index is -0.277. The molecular weight excluding hydrogens is 482 g/mol. The number of fused-ring (bicyclic) bond motifs is 1. The molecule has 2 heterocycles. The molecule has 0 bridgehead atoms. The van der Waals surface area contributed by atoms with E-state index in [4.69, 9.17) is 14.2 Å². The van der Waals surface area contributed by atoms with Crippen molar-refractivity contribution in [1.29, 1.82) is 0 Å². The van der Waals surface area contributed by atoms with Crippen LogP contribution in [0.5, 0.6) is 17.2 Å². The maximum Gasteiger partial charge on any atom is 0.282 e. The molecule has 0 spiro atoms. The van der Waals surface area contributed by atoms with Crippen LogP contribution in [0.3, 0.4) is 0 Å². The van der Waals surface area contributed by atoms with Crippen LogP contribution in [0, 0.1) is 0 Å². The van der Waals surface area contributed by atoms with E-state index in [-0.39, 0.29) is 23.8 Å². The van der Waals surface area contributed by atoms with Crippen molar-refractivity contribution in [1.82, 2.24) is 19.3 Å². The van der Waals surface area contributed by atoms with Gasteiger partial charge in [-0.25, -0.2) is 4.98 Å². The number of rotatable bonds is 10. The number of ether oxygens (including phenoxy) is 3. The van der Waals surface area contributed by atoms with Crippen molar-refractivity contribution in [3.8, 4) is 17.2 Å². The molecule has 11 heteroatoms. The smallest absolute Gasteiger partial charge is 0.282 e. The van der Waals surface area contributed by atoms with Crippen LogP contribution in [-0.4, -0.2) is 52.3 Å². The highest BCUT2D eigenvalue weighted by Gasteiger charge is 2.17. The second-order valence-corrected chi connectivity index (χ2v) is 8.70. The lowest BCUT2D eigenvalue weighted by molar-refractivity contribution is -0.113. The van der Waals surface area contributed by atoms with Gasteiger partial charge < -0.3 is 19.5 Å². The first-order chi connectivity index (χ1) is 17.4. The Kier molecular flexibility index (Phi) is 7.79. The van der Waals surface area contributed by atoms with Crippen LogP contribution in [0.15, 0.2) is 58.6 Å². The van der Waals surface area contributed by atoms with E-state index in [0.29, 0.717) is 39.9 Å². The predicted molar refractivity (Wildman–Crippen MR) is 138 cm³/mol. The molecule has 0 fully saturated rings. The van der Waals surface area contributed by atoms with E-state index >= 15 is 0 Å². The van der Waals surface area contributed by atoms with Crippen LogP contribution in [0.1, 0.15) is 12.5 Å². The second-order valence-electron chi connectivity index (χ2n) is 7.76. The fraction of sp³-hybridized carbons (Fsp3) is 0.280. The summed E-state index contributed by atoms with van der Waals surface area (Å²) in [5.74, 6) is 1.58. The van der Waals surface area contributed by atoms with Crippen LogP contribution in [0.25, 0.3) is 11.0 Å². The summed E-state index contributed by atoms with van der Waals surface area (Å²) in [7, 11) is 4.68. The number of thioether (sulfide) groups is 1. The first-order valence-corrected chi connectivity index (χ1v) is 12.2. The van der Waals surface area contributed by atoms with E-state index in [0.717, 1.165) is 11.3 Å². The lowest BCUT2D eigenvalue weighted by atomic mass is 10.2. The van der Waals surface area contributed by atoms with E-state index in [9.17, 15) is 9.59 Å². The standard InChI is InChI=1S/C25H27N5O5S/c1-5-29-14-20-23(28-29)24(32)30(13-16-6-8-17(33-2)9-7-16)25(27-20)36-15-22(31)26-19-12-18(34-3)10-11-21(19)35-4/h6-12,14H,5,13,15H2,1-4H3,(H,26,31). The van der Waals surface area contributed by atoms with Crippen LogP contribution >= 0.6 is 11.8 Å². The normalized spacial score (nSPS) is 10.9. The average molecular weight is 510 g/mol. The van der Waals surface area contributed by atoms with E-state index in [1.54, 1.807) is 47.9 Å². The number of benzene rings is 2. The quantitative estimate of drug-likeness (QED) is 0.256. The SMILES string of the molecule is CCn1cc2nc(SCC(=O)Nc3cc(OC)ccc3OC)n(Cc3ccc(OC)cc3)c(=O)c2n1. The molecule has 4 rings (SSSR count). The van der Waals surface area contributed by atoms with Crippen molar-refractivity contribution < 1.29 is 19.0 Å². The zero-order valence-electron chi connectivity index (χ0n) is 20.5. The van der Waals surface area contributed by atoms with Gasteiger partial charge in [0, 0.05) is 12.6 Å². The summed E-state index contributed by atoms with van der Waals surface area (Å²) in [6.07, 6.45) is 1.74. The molecule has 0 aliphatic carbocycles. The summed E-state index contributed by atoms with van der Waals surface area (Å²) in [6.45, 7) is 2.83. The molecule has 10 nitrogen and oxygen atoms in total. The molecule has 2 aromatic carbocycles.